The Balaban J connectivity index is 1.75. The fraction of sp³-hybridized carbons (Fsp3) is 0.556. The fourth-order valence-electron chi connectivity index (χ4n) is 3.27. The molecule has 24 heavy (non-hydrogen) atoms. The summed E-state index contributed by atoms with van der Waals surface area (Å²) in [5.41, 5.74) is 2.39. The Bertz CT molecular complexity index is 750. The number of hydrogen-bond acceptors (Lipinski definition) is 3. The minimum atomic E-state index is -1.11. The average Bonchev–Trinajstić information content (AvgIpc) is 2.91. The lowest BCUT2D eigenvalue weighted by atomic mass is 9.85. The second kappa shape index (κ2) is 6.07. The lowest BCUT2D eigenvalue weighted by Gasteiger charge is -2.36. The van der Waals surface area contributed by atoms with E-state index in [9.17, 15) is 9.18 Å². The third-order valence-corrected chi connectivity index (χ3v) is 4.42. The number of likely N-dealkylation sites (tertiary alicyclic amines) is 1. The van der Waals surface area contributed by atoms with Gasteiger partial charge in [-0.2, -0.15) is 5.10 Å². The Morgan fingerprint density at radius 1 is 1.42 bits per heavy atom. The second-order valence-corrected chi connectivity index (χ2v) is 7.50. The molecule has 0 saturated carbocycles. The molecule has 0 spiro atoms. The number of fused-ring (bicyclic) bond motifs is 1. The highest BCUT2D eigenvalue weighted by Gasteiger charge is 2.35. The highest BCUT2D eigenvalue weighted by Crippen LogP contribution is 2.34. The summed E-state index contributed by atoms with van der Waals surface area (Å²) >= 11 is 0. The molecule has 1 fully saturated rings. The summed E-state index contributed by atoms with van der Waals surface area (Å²) in [5.74, 6) is -0.212. The Morgan fingerprint density at radius 2 is 2.17 bits per heavy atom. The molecular formula is C18H24FN3O2. The summed E-state index contributed by atoms with van der Waals surface area (Å²) < 4.78 is 20.2. The first-order chi connectivity index (χ1) is 11.2. The smallest absolute Gasteiger partial charge is 0.410 e. The lowest BCUT2D eigenvalue weighted by Crippen LogP contribution is -2.46. The number of nitrogens with one attached hydrogen (secondary N) is 1. The average molecular weight is 333 g/mol. The van der Waals surface area contributed by atoms with Gasteiger partial charge in [-0.05, 0) is 57.4 Å². The molecule has 5 nitrogen and oxygen atoms in total. The molecule has 2 atom stereocenters. The summed E-state index contributed by atoms with van der Waals surface area (Å²) in [4.78, 5) is 13.6. The number of benzene rings is 1. The minimum Gasteiger partial charge on any atom is -0.444 e. The first kappa shape index (κ1) is 16.7. The number of aryl methyl sites for hydroxylation is 1. The molecule has 3 rings (SSSR count). The molecule has 6 heteroatoms. The number of hydrogen-bond donors (Lipinski definition) is 1. The van der Waals surface area contributed by atoms with Crippen LogP contribution < -0.4 is 0 Å². The van der Waals surface area contributed by atoms with Crippen molar-refractivity contribution in [3.05, 3.63) is 29.5 Å². The molecule has 0 radical (unpaired) electrons. The van der Waals surface area contributed by atoms with Crippen molar-refractivity contribution in [3.8, 4) is 0 Å². The Labute approximate surface area is 141 Å². The van der Waals surface area contributed by atoms with Crippen LogP contribution in [0.3, 0.4) is 0 Å². The molecule has 130 valence electrons. The van der Waals surface area contributed by atoms with E-state index in [2.05, 4.69) is 10.2 Å². The van der Waals surface area contributed by atoms with Gasteiger partial charge in [0.2, 0.25) is 0 Å². The monoisotopic (exact) mass is 333 g/mol. The Kier molecular flexibility index (Phi) is 4.24. The predicted octanol–water partition coefficient (Wildman–Crippen LogP) is 3.93. The molecule has 1 aromatic heterocycles. The van der Waals surface area contributed by atoms with E-state index in [0.29, 0.717) is 13.0 Å². The molecule has 1 N–H and O–H groups in total. The SMILES string of the molecule is Cc1cc2cn[nH]c2cc1[C@H]1CCN(C(=O)OC(C)(C)C)C[C@H]1F. The highest BCUT2D eigenvalue weighted by atomic mass is 19.1. The van der Waals surface area contributed by atoms with Crippen molar-refractivity contribution in [2.75, 3.05) is 13.1 Å². The number of aromatic amines is 1. The van der Waals surface area contributed by atoms with Crippen LogP contribution in [0.25, 0.3) is 10.9 Å². The van der Waals surface area contributed by atoms with Gasteiger partial charge in [-0.3, -0.25) is 5.10 Å². The van der Waals surface area contributed by atoms with Crippen molar-refractivity contribution in [1.29, 1.82) is 0 Å². The molecule has 0 aliphatic carbocycles. The lowest BCUT2D eigenvalue weighted by molar-refractivity contribution is 0.0111. The van der Waals surface area contributed by atoms with E-state index in [1.807, 2.05) is 39.8 Å². The zero-order valence-electron chi connectivity index (χ0n) is 14.6. The summed E-state index contributed by atoms with van der Waals surface area (Å²) in [6.07, 6.45) is 0.806. The number of alkyl halides is 1. The maximum atomic E-state index is 14.8. The molecular weight excluding hydrogens is 309 g/mol. The normalized spacial score (nSPS) is 22.0. The van der Waals surface area contributed by atoms with Gasteiger partial charge in [0, 0.05) is 17.8 Å². The van der Waals surface area contributed by atoms with Gasteiger partial charge < -0.3 is 9.64 Å². The molecule has 0 bridgehead atoms. The van der Waals surface area contributed by atoms with Gasteiger partial charge in [0.25, 0.3) is 0 Å². The number of nitrogens with zero attached hydrogens (tertiary/aromatic N) is 2. The molecule has 0 unspecified atom stereocenters. The predicted molar refractivity (Wildman–Crippen MR) is 90.9 cm³/mol. The van der Waals surface area contributed by atoms with Crippen LogP contribution in [0, 0.1) is 6.92 Å². The van der Waals surface area contributed by atoms with Crippen LogP contribution in [0.4, 0.5) is 9.18 Å². The van der Waals surface area contributed by atoms with E-state index >= 15 is 0 Å². The van der Waals surface area contributed by atoms with Gasteiger partial charge in [0.1, 0.15) is 11.8 Å². The summed E-state index contributed by atoms with van der Waals surface area (Å²) in [7, 11) is 0. The standard InChI is InChI=1S/C18H24FN3O2/c1-11-7-12-9-20-21-16(12)8-14(11)13-5-6-22(10-15(13)19)17(23)24-18(2,3)4/h7-9,13,15H,5-6,10H2,1-4H3,(H,20,21)/t13-,15-/m1/s1. The number of carbonyl (C=O) groups is 1. The largest absolute Gasteiger partial charge is 0.444 e. The Morgan fingerprint density at radius 3 is 2.83 bits per heavy atom. The maximum Gasteiger partial charge on any atom is 0.410 e. The van der Waals surface area contributed by atoms with Gasteiger partial charge in [0.05, 0.1) is 18.3 Å². The molecule has 1 aromatic carbocycles. The number of halogens is 1. The first-order valence-corrected chi connectivity index (χ1v) is 8.30. The molecule has 2 aromatic rings. The van der Waals surface area contributed by atoms with Crippen molar-refractivity contribution in [3.63, 3.8) is 0 Å². The van der Waals surface area contributed by atoms with Crippen molar-refractivity contribution in [2.24, 2.45) is 0 Å². The van der Waals surface area contributed by atoms with E-state index in [1.165, 1.54) is 4.90 Å². The molecule has 1 aliphatic rings. The zero-order valence-corrected chi connectivity index (χ0v) is 14.6. The van der Waals surface area contributed by atoms with E-state index in [0.717, 1.165) is 22.0 Å². The van der Waals surface area contributed by atoms with Gasteiger partial charge >= 0.3 is 6.09 Å². The van der Waals surface area contributed by atoms with Crippen LogP contribution >= 0.6 is 0 Å². The summed E-state index contributed by atoms with van der Waals surface area (Å²) in [5, 5.41) is 7.99. The van der Waals surface area contributed by atoms with Crippen LogP contribution in [0.2, 0.25) is 0 Å². The summed E-state index contributed by atoms with van der Waals surface area (Å²) in [6, 6.07) is 4.01. The minimum absolute atomic E-state index is 0.0695. The van der Waals surface area contributed by atoms with Crippen LogP contribution in [-0.4, -0.2) is 46.1 Å². The molecule has 2 heterocycles. The number of carbonyl (C=O) groups excluding carboxylic acids is 1. The van der Waals surface area contributed by atoms with Crippen LogP contribution in [0.5, 0.6) is 0 Å². The molecule has 1 aliphatic heterocycles. The van der Waals surface area contributed by atoms with E-state index in [4.69, 9.17) is 4.74 Å². The zero-order chi connectivity index (χ0) is 17.5. The number of amides is 1. The molecule has 1 amide bonds. The number of piperidine rings is 1. The van der Waals surface area contributed by atoms with Gasteiger partial charge in [0.15, 0.2) is 0 Å². The van der Waals surface area contributed by atoms with Crippen molar-refractivity contribution < 1.29 is 13.9 Å². The topological polar surface area (TPSA) is 58.2 Å². The first-order valence-electron chi connectivity index (χ1n) is 8.30. The van der Waals surface area contributed by atoms with E-state index in [1.54, 1.807) is 6.20 Å². The fourth-order valence-corrected chi connectivity index (χ4v) is 3.27. The van der Waals surface area contributed by atoms with Crippen molar-refractivity contribution >= 4 is 17.0 Å². The number of aromatic nitrogens is 2. The van der Waals surface area contributed by atoms with Crippen molar-refractivity contribution in [2.45, 2.75) is 51.8 Å². The van der Waals surface area contributed by atoms with E-state index in [-0.39, 0.29) is 12.5 Å². The quantitative estimate of drug-likeness (QED) is 0.860. The highest BCUT2D eigenvalue weighted by molar-refractivity contribution is 5.80. The second-order valence-electron chi connectivity index (χ2n) is 7.50. The van der Waals surface area contributed by atoms with Gasteiger partial charge in [-0.15, -0.1) is 0 Å². The Hall–Kier alpha value is -2.11. The van der Waals surface area contributed by atoms with Crippen LogP contribution in [-0.2, 0) is 4.74 Å². The van der Waals surface area contributed by atoms with Gasteiger partial charge in [-0.1, -0.05) is 0 Å². The van der Waals surface area contributed by atoms with Crippen LogP contribution in [0.1, 0.15) is 44.2 Å². The summed E-state index contributed by atoms with van der Waals surface area (Å²) in [6.45, 7) is 8.00. The third kappa shape index (κ3) is 3.37. The molecule has 1 saturated heterocycles. The van der Waals surface area contributed by atoms with Gasteiger partial charge in [-0.25, -0.2) is 9.18 Å². The van der Waals surface area contributed by atoms with Crippen LogP contribution in [0.15, 0.2) is 18.3 Å². The third-order valence-electron chi connectivity index (χ3n) is 4.42. The van der Waals surface area contributed by atoms with Crippen molar-refractivity contribution in [1.82, 2.24) is 15.1 Å². The number of H-pyrrole nitrogens is 1. The van der Waals surface area contributed by atoms with E-state index < -0.39 is 17.9 Å². The number of rotatable bonds is 1. The number of ether oxygens (including phenoxy) is 1. The maximum absolute atomic E-state index is 14.8.